The first-order valence-electron chi connectivity index (χ1n) is 11.4. The normalized spacial score (nSPS) is 17.5. The van der Waals surface area contributed by atoms with Crippen LogP contribution in [-0.4, -0.2) is 125 Å². The van der Waals surface area contributed by atoms with Gasteiger partial charge < -0.3 is 24.6 Å². The van der Waals surface area contributed by atoms with Gasteiger partial charge in [-0.1, -0.05) is 0 Å². The highest BCUT2D eigenvalue weighted by molar-refractivity contribution is 7.84. The molecule has 0 saturated heterocycles. The van der Waals surface area contributed by atoms with E-state index in [1.54, 1.807) is 0 Å². The molecule has 0 radical (unpaired) electrons. The minimum atomic E-state index is -1.68. The van der Waals surface area contributed by atoms with E-state index in [0.29, 0.717) is 0 Å². The molecule has 13 nitrogen and oxygen atoms in total. The molecule has 0 saturated carbocycles. The van der Waals surface area contributed by atoms with Crippen molar-refractivity contribution in [2.75, 3.05) is 55.1 Å². The van der Waals surface area contributed by atoms with Crippen molar-refractivity contribution in [1.82, 2.24) is 5.32 Å². The average molecular weight is 624 g/mol. The number of hydrogen-bond donors (Lipinski definition) is 2. The summed E-state index contributed by atoms with van der Waals surface area (Å²) in [7, 11) is -4.05. The fraction of sp³-hybridized carbons (Fsp3) is 0.810. The first-order chi connectivity index (χ1) is 17.7. The zero-order valence-electron chi connectivity index (χ0n) is 22.0. The Balaban J connectivity index is 5.71. The molecule has 17 heteroatoms. The molecule has 0 aliphatic heterocycles. The smallest absolute Gasteiger partial charge is 0.348 e. The number of hydrogen-bond acceptors (Lipinski definition) is 12. The standard InChI is InChI=1S/C21H37NO12S4/c1-22-18(24)15(7-11-36(3)29)32-20(26)17(9-13-38(5)31)34-21(27)16(8-12-37(4)30)33-19(25)14(23)6-10-35(2)28/h14-17,23H,6-13H2,1-5H3,(H,22,24). The average Bonchev–Trinajstić information content (AvgIpc) is 2.83. The van der Waals surface area contributed by atoms with Crippen LogP contribution in [0.15, 0.2) is 0 Å². The van der Waals surface area contributed by atoms with E-state index in [2.05, 4.69) is 5.32 Å². The Kier molecular flexibility index (Phi) is 18.7. The minimum Gasteiger partial charge on any atom is -0.449 e. The van der Waals surface area contributed by atoms with E-state index in [1.165, 1.54) is 32.1 Å². The summed E-state index contributed by atoms with van der Waals surface area (Å²) in [6.07, 6.45) is -1.55. The summed E-state index contributed by atoms with van der Waals surface area (Å²) < 4.78 is 61.3. The predicted octanol–water partition coefficient (Wildman–Crippen LogP) is -2.10. The molecule has 8 atom stereocenters. The number of likely N-dealkylation sites (N-methyl/N-ethyl adjacent to an activating group) is 1. The first-order valence-corrected chi connectivity index (χ1v) is 18.3. The van der Waals surface area contributed by atoms with Crippen LogP contribution in [0.25, 0.3) is 0 Å². The van der Waals surface area contributed by atoms with E-state index in [1.807, 2.05) is 0 Å². The zero-order chi connectivity index (χ0) is 29.4. The largest absolute Gasteiger partial charge is 0.449 e. The number of nitrogens with one attached hydrogen (secondary N) is 1. The third kappa shape index (κ3) is 16.4. The van der Waals surface area contributed by atoms with Gasteiger partial charge in [-0.3, -0.25) is 21.6 Å². The monoisotopic (exact) mass is 623 g/mol. The topological polar surface area (TPSA) is 197 Å². The molecule has 38 heavy (non-hydrogen) atoms. The van der Waals surface area contributed by atoms with Gasteiger partial charge in [-0.15, -0.1) is 0 Å². The quantitative estimate of drug-likeness (QED) is 0.118. The van der Waals surface area contributed by atoms with Gasteiger partial charge in [-0.2, -0.15) is 0 Å². The van der Waals surface area contributed by atoms with Gasteiger partial charge in [0, 0.05) is 118 Å². The third-order valence-corrected chi connectivity index (χ3v) is 8.04. The lowest BCUT2D eigenvalue weighted by Gasteiger charge is -2.23. The maximum atomic E-state index is 12.9. The summed E-state index contributed by atoms with van der Waals surface area (Å²) in [5, 5.41) is 12.3. The summed E-state index contributed by atoms with van der Waals surface area (Å²) in [5.74, 6) is -4.30. The van der Waals surface area contributed by atoms with Crippen molar-refractivity contribution in [1.29, 1.82) is 0 Å². The highest BCUT2D eigenvalue weighted by Gasteiger charge is 2.34. The summed E-state index contributed by atoms with van der Waals surface area (Å²) >= 11 is 0. The van der Waals surface area contributed by atoms with E-state index in [0.717, 1.165) is 0 Å². The number of rotatable bonds is 19. The molecule has 222 valence electrons. The molecule has 8 unspecified atom stereocenters. The first kappa shape index (κ1) is 36.4. The Morgan fingerprint density at radius 3 is 1.29 bits per heavy atom. The summed E-state index contributed by atoms with van der Waals surface area (Å²) in [6, 6.07) is 0. The van der Waals surface area contributed by atoms with Gasteiger partial charge in [-0.05, 0) is 6.42 Å². The minimum absolute atomic E-state index is 0.00452. The van der Waals surface area contributed by atoms with E-state index in [4.69, 9.17) is 14.2 Å². The van der Waals surface area contributed by atoms with Crippen molar-refractivity contribution in [3.8, 4) is 0 Å². The predicted molar refractivity (Wildman–Crippen MR) is 144 cm³/mol. The van der Waals surface area contributed by atoms with Crippen LogP contribution in [0.5, 0.6) is 0 Å². The second-order valence-electron chi connectivity index (χ2n) is 8.17. The van der Waals surface area contributed by atoms with Crippen LogP contribution >= 0.6 is 0 Å². The molecule has 0 aromatic rings. The maximum absolute atomic E-state index is 12.9. The Morgan fingerprint density at radius 1 is 0.605 bits per heavy atom. The van der Waals surface area contributed by atoms with Gasteiger partial charge in [0.1, 0.15) is 0 Å². The number of carbonyl (C=O) groups is 4. The van der Waals surface area contributed by atoms with Crippen molar-refractivity contribution in [3.05, 3.63) is 0 Å². The maximum Gasteiger partial charge on any atom is 0.348 e. The van der Waals surface area contributed by atoms with Crippen LogP contribution in [0, 0.1) is 0 Å². The van der Waals surface area contributed by atoms with Crippen LogP contribution in [-0.2, 0) is 76.6 Å². The number of ether oxygens (including phenoxy) is 3. The number of aliphatic hydroxyl groups excluding tert-OH is 1. The van der Waals surface area contributed by atoms with E-state index >= 15 is 0 Å². The lowest BCUT2D eigenvalue weighted by molar-refractivity contribution is -0.184. The second kappa shape index (κ2) is 19.5. The molecule has 2 N–H and O–H groups in total. The molecule has 0 aromatic carbocycles. The van der Waals surface area contributed by atoms with Gasteiger partial charge in [0.05, 0.1) is 0 Å². The van der Waals surface area contributed by atoms with Gasteiger partial charge in [0.25, 0.3) is 5.91 Å². The lowest BCUT2D eigenvalue weighted by atomic mass is 10.2. The van der Waals surface area contributed by atoms with E-state index < -0.39 is 91.4 Å². The summed E-state index contributed by atoms with van der Waals surface area (Å²) in [5.41, 5.74) is 0. The molecule has 0 aliphatic rings. The number of aliphatic hydroxyl groups is 1. The zero-order valence-corrected chi connectivity index (χ0v) is 25.3. The van der Waals surface area contributed by atoms with Gasteiger partial charge in [-0.25, -0.2) is 14.4 Å². The molecule has 0 spiro atoms. The number of carbonyl (C=O) groups excluding carboxylic acids is 4. The Hall–Kier alpha value is -1.56. The third-order valence-electron chi connectivity index (χ3n) is 4.79. The van der Waals surface area contributed by atoms with Crippen LogP contribution in [0.4, 0.5) is 0 Å². The van der Waals surface area contributed by atoms with E-state index in [9.17, 15) is 41.1 Å². The number of esters is 3. The van der Waals surface area contributed by atoms with Gasteiger partial charge >= 0.3 is 17.9 Å². The Bertz CT molecular complexity index is 913. The molecule has 0 rings (SSSR count). The molecule has 0 fully saturated rings. The Labute approximate surface area is 232 Å². The van der Waals surface area contributed by atoms with Crippen molar-refractivity contribution < 1.29 is 55.3 Å². The molecule has 0 aromatic heterocycles. The lowest BCUT2D eigenvalue weighted by Crippen LogP contribution is -2.42. The second-order valence-corrected chi connectivity index (χ2v) is 14.4. The van der Waals surface area contributed by atoms with Crippen molar-refractivity contribution in [2.24, 2.45) is 0 Å². The molecular weight excluding hydrogens is 586 g/mol. The fourth-order valence-electron chi connectivity index (χ4n) is 2.72. The van der Waals surface area contributed by atoms with Crippen molar-refractivity contribution in [3.63, 3.8) is 0 Å². The summed E-state index contributed by atoms with van der Waals surface area (Å²) in [4.78, 5) is 50.2. The molecular formula is C21H37NO12S4. The molecule has 0 heterocycles. The van der Waals surface area contributed by atoms with E-state index in [-0.39, 0.29) is 48.7 Å². The molecule has 0 aliphatic carbocycles. The van der Waals surface area contributed by atoms with Crippen LogP contribution in [0.1, 0.15) is 25.7 Å². The van der Waals surface area contributed by atoms with Crippen molar-refractivity contribution >= 4 is 67.0 Å². The molecule has 1 amide bonds. The fourth-order valence-corrected chi connectivity index (χ4v) is 4.91. The SMILES string of the molecule is CNC(=O)C(CCS(C)=O)OC(=O)C(CCS(C)=O)OC(=O)C(CCS(C)=O)OC(=O)C(O)CCS(C)=O. The van der Waals surface area contributed by atoms with Crippen LogP contribution in [0.3, 0.4) is 0 Å². The number of amides is 1. The highest BCUT2D eigenvalue weighted by atomic mass is 32.2. The van der Waals surface area contributed by atoms with Crippen LogP contribution in [0.2, 0.25) is 0 Å². The van der Waals surface area contributed by atoms with Gasteiger partial charge in [0.15, 0.2) is 24.4 Å². The Morgan fingerprint density at radius 2 is 0.921 bits per heavy atom. The van der Waals surface area contributed by atoms with Crippen LogP contribution < -0.4 is 5.32 Å². The van der Waals surface area contributed by atoms with Crippen molar-refractivity contribution in [2.45, 2.75) is 50.1 Å². The summed E-state index contributed by atoms with van der Waals surface area (Å²) in [6.45, 7) is 0. The highest BCUT2D eigenvalue weighted by Crippen LogP contribution is 2.13. The van der Waals surface area contributed by atoms with Gasteiger partial charge in [0.2, 0.25) is 0 Å². The molecule has 0 bridgehead atoms.